The summed E-state index contributed by atoms with van der Waals surface area (Å²) in [4.78, 5) is 4.05. The molecule has 0 aliphatic heterocycles. The minimum atomic E-state index is -4.38. The summed E-state index contributed by atoms with van der Waals surface area (Å²) in [5, 5.41) is 2.85. The first-order valence-electron chi connectivity index (χ1n) is 7.60. The van der Waals surface area contributed by atoms with Crippen LogP contribution < -0.4 is 10.0 Å². The van der Waals surface area contributed by atoms with E-state index in [-0.39, 0.29) is 5.75 Å². The molecular formula is C16H18F3N3O2S. The number of anilines is 3. The molecule has 0 amide bonds. The van der Waals surface area contributed by atoms with E-state index in [9.17, 15) is 21.6 Å². The topological polar surface area (TPSA) is 71.1 Å². The molecule has 1 heterocycles. The summed E-state index contributed by atoms with van der Waals surface area (Å²) in [6.07, 6.45) is -1.70. The summed E-state index contributed by atoms with van der Waals surface area (Å²) in [6.45, 7) is 1.90. The highest BCUT2D eigenvalue weighted by Gasteiger charge is 2.29. The Labute approximate surface area is 144 Å². The maximum absolute atomic E-state index is 12.5. The Bertz CT molecular complexity index is 789. The molecule has 0 radical (unpaired) electrons. The third-order valence-electron chi connectivity index (χ3n) is 3.29. The molecule has 0 bridgehead atoms. The molecule has 2 N–H and O–H groups in total. The van der Waals surface area contributed by atoms with E-state index in [0.29, 0.717) is 23.6 Å². The molecule has 0 aliphatic carbocycles. The van der Waals surface area contributed by atoms with Crippen molar-refractivity contribution in [3.05, 3.63) is 48.2 Å². The highest BCUT2D eigenvalue weighted by Crippen LogP contribution is 2.30. The molecular weight excluding hydrogens is 355 g/mol. The van der Waals surface area contributed by atoms with E-state index >= 15 is 0 Å². The van der Waals surface area contributed by atoms with Crippen LogP contribution in [0.2, 0.25) is 0 Å². The van der Waals surface area contributed by atoms with Gasteiger partial charge in [0.1, 0.15) is 5.82 Å². The normalized spacial score (nSPS) is 12.0. The van der Waals surface area contributed by atoms with Crippen LogP contribution in [0, 0.1) is 0 Å². The average molecular weight is 373 g/mol. The van der Waals surface area contributed by atoms with Gasteiger partial charge in [0.25, 0.3) is 0 Å². The van der Waals surface area contributed by atoms with Crippen LogP contribution in [-0.2, 0) is 16.2 Å². The van der Waals surface area contributed by atoms with Crippen molar-refractivity contribution in [2.45, 2.75) is 25.9 Å². The van der Waals surface area contributed by atoms with Gasteiger partial charge in [0.2, 0.25) is 10.0 Å². The second-order valence-corrected chi connectivity index (χ2v) is 7.25. The van der Waals surface area contributed by atoms with Crippen molar-refractivity contribution in [3.63, 3.8) is 0 Å². The van der Waals surface area contributed by atoms with Crippen LogP contribution in [0.1, 0.15) is 25.3 Å². The van der Waals surface area contributed by atoms with Gasteiger partial charge in [0.15, 0.2) is 0 Å². The minimum Gasteiger partial charge on any atom is -0.340 e. The summed E-state index contributed by atoms with van der Waals surface area (Å²) in [7, 11) is -3.40. The van der Waals surface area contributed by atoms with E-state index < -0.39 is 21.8 Å². The number of unbranched alkanes of at least 4 members (excludes halogenated alkanes) is 1. The molecule has 0 unspecified atom stereocenters. The number of nitrogens with zero attached hydrogens (tertiary/aromatic N) is 1. The van der Waals surface area contributed by atoms with Gasteiger partial charge in [-0.05, 0) is 42.8 Å². The number of nitrogens with one attached hydrogen (secondary N) is 2. The van der Waals surface area contributed by atoms with Crippen LogP contribution in [0.3, 0.4) is 0 Å². The molecule has 9 heteroatoms. The molecule has 2 rings (SSSR count). The molecule has 2 aromatic rings. The summed E-state index contributed by atoms with van der Waals surface area (Å²) >= 11 is 0. The van der Waals surface area contributed by atoms with E-state index in [1.807, 2.05) is 6.92 Å². The van der Waals surface area contributed by atoms with Gasteiger partial charge in [-0.3, -0.25) is 4.72 Å². The fourth-order valence-electron chi connectivity index (χ4n) is 1.98. The van der Waals surface area contributed by atoms with Crippen molar-refractivity contribution < 1.29 is 21.6 Å². The molecule has 0 saturated carbocycles. The molecule has 5 nitrogen and oxygen atoms in total. The molecule has 0 fully saturated rings. The van der Waals surface area contributed by atoms with Crippen molar-refractivity contribution >= 4 is 27.2 Å². The average Bonchev–Trinajstić information content (AvgIpc) is 2.54. The highest BCUT2D eigenvalue weighted by molar-refractivity contribution is 7.92. The number of pyridine rings is 1. The van der Waals surface area contributed by atoms with Gasteiger partial charge >= 0.3 is 6.18 Å². The number of benzene rings is 1. The molecule has 25 heavy (non-hydrogen) atoms. The molecule has 136 valence electrons. The molecule has 1 aromatic carbocycles. The van der Waals surface area contributed by atoms with Crippen molar-refractivity contribution in [2.75, 3.05) is 15.8 Å². The van der Waals surface area contributed by atoms with Crippen LogP contribution in [0.25, 0.3) is 0 Å². The van der Waals surface area contributed by atoms with Crippen LogP contribution in [0.4, 0.5) is 30.4 Å². The van der Waals surface area contributed by atoms with Crippen molar-refractivity contribution in [1.29, 1.82) is 0 Å². The van der Waals surface area contributed by atoms with Crippen molar-refractivity contribution in [3.8, 4) is 0 Å². The van der Waals surface area contributed by atoms with Crippen molar-refractivity contribution in [2.24, 2.45) is 0 Å². The number of hydrogen-bond donors (Lipinski definition) is 2. The van der Waals surface area contributed by atoms with E-state index in [4.69, 9.17) is 0 Å². The fourth-order valence-corrected chi connectivity index (χ4v) is 3.23. The lowest BCUT2D eigenvalue weighted by Gasteiger charge is -2.10. The smallest absolute Gasteiger partial charge is 0.340 e. The standard InChI is InChI=1S/C16H18F3N3O2S/c1-2-3-10-25(23,24)22-14-8-9-15(20-11-14)21-13-6-4-12(5-7-13)16(17,18)19/h4-9,11,22H,2-3,10H2,1H3,(H,20,21). The predicted octanol–water partition coefficient (Wildman–Crippen LogP) is 4.39. The Morgan fingerprint density at radius 3 is 2.20 bits per heavy atom. The first-order valence-corrected chi connectivity index (χ1v) is 9.25. The van der Waals surface area contributed by atoms with Gasteiger partial charge in [-0.25, -0.2) is 13.4 Å². The number of halogens is 3. The maximum Gasteiger partial charge on any atom is 0.416 e. The van der Waals surface area contributed by atoms with Crippen LogP contribution in [0.15, 0.2) is 42.6 Å². The largest absolute Gasteiger partial charge is 0.416 e. The van der Waals surface area contributed by atoms with E-state index in [0.717, 1.165) is 18.6 Å². The summed E-state index contributed by atoms with van der Waals surface area (Å²) in [5.74, 6) is 0.422. The Morgan fingerprint density at radius 1 is 1.04 bits per heavy atom. The molecule has 0 saturated heterocycles. The van der Waals surface area contributed by atoms with Gasteiger partial charge in [-0.1, -0.05) is 13.3 Å². The van der Waals surface area contributed by atoms with Crippen LogP contribution in [0.5, 0.6) is 0 Å². The number of rotatable bonds is 7. The van der Waals surface area contributed by atoms with E-state index in [1.165, 1.54) is 30.5 Å². The molecule has 1 aromatic heterocycles. The fraction of sp³-hybridized carbons (Fsp3) is 0.312. The van der Waals surface area contributed by atoms with Gasteiger partial charge in [-0.2, -0.15) is 13.2 Å². The van der Waals surface area contributed by atoms with Crippen LogP contribution in [-0.4, -0.2) is 19.2 Å². The minimum absolute atomic E-state index is 0.0368. The summed E-state index contributed by atoms with van der Waals surface area (Å²) < 4.78 is 63.6. The summed E-state index contributed by atoms with van der Waals surface area (Å²) in [6, 6.07) is 7.60. The number of aromatic nitrogens is 1. The summed E-state index contributed by atoms with van der Waals surface area (Å²) in [5.41, 5.74) is 0.0358. The van der Waals surface area contributed by atoms with Crippen LogP contribution >= 0.6 is 0 Å². The lowest BCUT2D eigenvalue weighted by atomic mass is 10.2. The second-order valence-electron chi connectivity index (χ2n) is 5.41. The first-order chi connectivity index (χ1) is 11.7. The number of sulfonamides is 1. The van der Waals surface area contributed by atoms with Gasteiger partial charge in [0.05, 0.1) is 23.2 Å². The monoisotopic (exact) mass is 373 g/mol. The van der Waals surface area contributed by atoms with Gasteiger partial charge < -0.3 is 5.32 Å². The Kier molecular flexibility index (Phi) is 5.89. The van der Waals surface area contributed by atoms with Crippen molar-refractivity contribution in [1.82, 2.24) is 4.98 Å². The molecule has 0 aliphatic rings. The zero-order chi connectivity index (χ0) is 18.5. The number of alkyl halides is 3. The van der Waals surface area contributed by atoms with E-state index in [2.05, 4.69) is 15.0 Å². The third kappa shape index (κ3) is 5.93. The third-order valence-corrected chi connectivity index (χ3v) is 4.66. The highest BCUT2D eigenvalue weighted by atomic mass is 32.2. The maximum atomic E-state index is 12.5. The number of hydrogen-bond acceptors (Lipinski definition) is 4. The Morgan fingerprint density at radius 2 is 1.68 bits per heavy atom. The molecule has 0 atom stereocenters. The quantitative estimate of drug-likeness (QED) is 0.755. The van der Waals surface area contributed by atoms with Gasteiger partial charge in [0, 0.05) is 5.69 Å². The van der Waals surface area contributed by atoms with E-state index in [1.54, 1.807) is 0 Å². The second kappa shape index (κ2) is 7.73. The lowest BCUT2D eigenvalue weighted by Crippen LogP contribution is -2.16. The zero-order valence-corrected chi connectivity index (χ0v) is 14.3. The predicted molar refractivity (Wildman–Crippen MR) is 91.3 cm³/mol. The first kappa shape index (κ1) is 19.0. The lowest BCUT2D eigenvalue weighted by molar-refractivity contribution is -0.137. The SMILES string of the molecule is CCCCS(=O)(=O)Nc1ccc(Nc2ccc(C(F)(F)F)cc2)nc1. The Hall–Kier alpha value is -2.29. The Balaban J connectivity index is 2.01. The zero-order valence-electron chi connectivity index (χ0n) is 13.5. The molecule has 0 spiro atoms. The van der Waals surface area contributed by atoms with Gasteiger partial charge in [-0.15, -0.1) is 0 Å².